The lowest BCUT2D eigenvalue weighted by Gasteiger charge is -2.38. The second-order valence-electron chi connectivity index (χ2n) is 6.65. The van der Waals surface area contributed by atoms with E-state index in [9.17, 15) is 4.79 Å². The normalized spacial score (nSPS) is 25.8. The molecule has 0 aromatic heterocycles. The van der Waals surface area contributed by atoms with Gasteiger partial charge < -0.3 is 15.8 Å². The van der Waals surface area contributed by atoms with Gasteiger partial charge in [-0.25, -0.2) is 0 Å². The number of nitrogens with two attached hydrogens (primary N) is 1. The first-order valence-electron chi connectivity index (χ1n) is 7.66. The molecule has 0 aromatic carbocycles. The summed E-state index contributed by atoms with van der Waals surface area (Å²) < 4.78 is 5.40. The fourth-order valence-electron chi connectivity index (χ4n) is 3.27. The molecule has 1 aliphatic heterocycles. The van der Waals surface area contributed by atoms with Crippen molar-refractivity contribution in [2.75, 3.05) is 26.3 Å². The van der Waals surface area contributed by atoms with Gasteiger partial charge in [-0.2, -0.15) is 0 Å². The third kappa shape index (κ3) is 3.48. The van der Waals surface area contributed by atoms with E-state index in [-0.39, 0.29) is 16.7 Å². The van der Waals surface area contributed by atoms with Crippen LogP contribution in [0.3, 0.4) is 0 Å². The van der Waals surface area contributed by atoms with Crippen molar-refractivity contribution in [2.24, 2.45) is 16.6 Å². The smallest absolute Gasteiger partial charge is 0.227 e. The van der Waals surface area contributed by atoms with E-state index in [0.717, 1.165) is 58.3 Å². The van der Waals surface area contributed by atoms with E-state index in [2.05, 4.69) is 12.2 Å². The first kappa shape index (κ1) is 14.8. The van der Waals surface area contributed by atoms with E-state index in [0.29, 0.717) is 6.54 Å². The molecule has 1 saturated carbocycles. The Bertz CT molecular complexity index is 305. The van der Waals surface area contributed by atoms with Crippen molar-refractivity contribution in [3.05, 3.63) is 0 Å². The van der Waals surface area contributed by atoms with Gasteiger partial charge in [0.25, 0.3) is 0 Å². The Morgan fingerprint density at radius 1 is 1.16 bits per heavy atom. The Hall–Kier alpha value is -0.610. The number of ether oxygens (including phenoxy) is 1. The molecule has 2 fully saturated rings. The Morgan fingerprint density at radius 3 is 2.37 bits per heavy atom. The number of rotatable bonds is 4. The second kappa shape index (κ2) is 6.23. The van der Waals surface area contributed by atoms with Crippen molar-refractivity contribution >= 4 is 5.91 Å². The van der Waals surface area contributed by atoms with Crippen molar-refractivity contribution in [3.63, 3.8) is 0 Å². The molecule has 1 heterocycles. The van der Waals surface area contributed by atoms with Gasteiger partial charge in [-0.15, -0.1) is 0 Å². The molecule has 2 rings (SSSR count). The Kier molecular flexibility index (Phi) is 4.85. The molecule has 19 heavy (non-hydrogen) atoms. The van der Waals surface area contributed by atoms with Crippen LogP contribution in [0.15, 0.2) is 0 Å². The fourth-order valence-corrected chi connectivity index (χ4v) is 3.27. The largest absolute Gasteiger partial charge is 0.381 e. The van der Waals surface area contributed by atoms with Crippen LogP contribution in [-0.2, 0) is 9.53 Å². The van der Waals surface area contributed by atoms with Crippen LogP contribution in [-0.4, -0.2) is 32.2 Å². The Morgan fingerprint density at radius 2 is 1.79 bits per heavy atom. The first-order chi connectivity index (χ1) is 9.10. The summed E-state index contributed by atoms with van der Waals surface area (Å²) in [6, 6.07) is 0. The highest BCUT2D eigenvalue weighted by atomic mass is 16.5. The van der Waals surface area contributed by atoms with E-state index in [1.807, 2.05) is 0 Å². The summed E-state index contributed by atoms with van der Waals surface area (Å²) in [5.41, 5.74) is 5.80. The van der Waals surface area contributed by atoms with Crippen LogP contribution in [0.1, 0.15) is 51.9 Å². The predicted octanol–water partition coefficient (Wildman–Crippen LogP) is 1.83. The lowest BCUT2D eigenvalue weighted by molar-refractivity contribution is -0.133. The van der Waals surface area contributed by atoms with Crippen LogP contribution in [0.5, 0.6) is 0 Å². The molecule has 2 aliphatic rings. The number of amides is 1. The summed E-state index contributed by atoms with van der Waals surface area (Å²) in [6.45, 7) is 5.12. The fraction of sp³-hybridized carbons (Fsp3) is 0.933. The van der Waals surface area contributed by atoms with E-state index >= 15 is 0 Å². The zero-order valence-electron chi connectivity index (χ0n) is 12.2. The Balaban J connectivity index is 1.88. The van der Waals surface area contributed by atoms with E-state index in [4.69, 9.17) is 10.5 Å². The van der Waals surface area contributed by atoms with Crippen molar-refractivity contribution in [2.45, 2.75) is 51.9 Å². The maximum Gasteiger partial charge on any atom is 0.227 e. The molecule has 110 valence electrons. The van der Waals surface area contributed by atoms with Gasteiger partial charge in [0.05, 0.1) is 5.41 Å². The average molecular weight is 268 g/mol. The van der Waals surface area contributed by atoms with Crippen LogP contribution < -0.4 is 11.1 Å². The van der Waals surface area contributed by atoms with Gasteiger partial charge in [0, 0.05) is 26.3 Å². The molecule has 1 amide bonds. The minimum atomic E-state index is -0.292. The number of carbonyl (C=O) groups excluding carboxylic acids is 1. The SMILES string of the molecule is CC1(CNC(=O)C2(CN)CCCCC2)CCOCC1. The average Bonchev–Trinajstić information content (AvgIpc) is 2.46. The van der Waals surface area contributed by atoms with Crippen molar-refractivity contribution in [1.82, 2.24) is 5.32 Å². The van der Waals surface area contributed by atoms with Gasteiger partial charge in [0.15, 0.2) is 0 Å². The highest BCUT2D eigenvalue weighted by molar-refractivity contribution is 5.83. The molecular formula is C15H28N2O2. The van der Waals surface area contributed by atoms with E-state index in [1.54, 1.807) is 0 Å². The molecule has 0 aromatic rings. The number of nitrogens with one attached hydrogen (secondary N) is 1. The summed E-state index contributed by atoms with van der Waals surface area (Å²) in [5.74, 6) is 0.183. The number of carbonyl (C=O) groups is 1. The highest BCUT2D eigenvalue weighted by Gasteiger charge is 2.39. The molecule has 3 N–H and O–H groups in total. The second-order valence-corrected chi connectivity index (χ2v) is 6.65. The molecule has 0 unspecified atom stereocenters. The Labute approximate surface area is 116 Å². The molecular weight excluding hydrogens is 240 g/mol. The van der Waals surface area contributed by atoms with Crippen LogP contribution in [0, 0.1) is 10.8 Å². The van der Waals surface area contributed by atoms with E-state index in [1.165, 1.54) is 6.42 Å². The minimum absolute atomic E-state index is 0.183. The molecule has 0 bridgehead atoms. The molecule has 1 saturated heterocycles. The van der Waals surface area contributed by atoms with Gasteiger partial charge in [0.1, 0.15) is 0 Å². The van der Waals surface area contributed by atoms with Crippen LogP contribution in [0.25, 0.3) is 0 Å². The monoisotopic (exact) mass is 268 g/mol. The number of hydrogen-bond donors (Lipinski definition) is 2. The maximum absolute atomic E-state index is 12.5. The standard InChI is InChI=1S/C15H28N2O2/c1-14(7-9-19-10-8-14)12-17-13(18)15(11-16)5-3-2-4-6-15/h2-12,16H2,1H3,(H,17,18). The van der Waals surface area contributed by atoms with Crippen molar-refractivity contribution in [3.8, 4) is 0 Å². The molecule has 4 nitrogen and oxygen atoms in total. The molecule has 0 spiro atoms. The van der Waals surface area contributed by atoms with Gasteiger partial charge in [-0.1, -0.05) is 26.2 Å². The van der Waals surface area contributed by atoms with Crippen molar-refractivity contribution in [1.29, 1.82) is 0 Å². The van der Waals surface area contributed by atoms with Gasteiger partial charge >= 0.3 is 0 Å². The molecule has 1 aliphatic carbocycles. The minimum Gasteiger partial charge on any atom is -0.381 e. The topological polar surface area (TPSA) is 64.4 Å². The zero-order valence-corrected chi connectivity index (χ0v) is 12.2. The summed E-state index contributed by atoms with van der Waals surface area (Å²) in [6.07, 6.45) is 7.48. The van der Waals surface area contributed by atoms with E-state index < -0.39 is 0 Å². The lowest BCUT2D eigenvalue weighted by atomic mass is 9.73. The maximum atomic E-state index is 12.5. The van der Waals surface area contributed by atoms with Crippen LogP contribution >= 0.6 is 0 Å². The molecule has 4 heteroatoms. The molecule has 0 radical (unpaired) electrons. The summed E-state index contributed by atoms with van der Waals surface area (Å²) in [5, 5.41) is 3.18. The first-order valence-corrected chi connectivity index (χ1v) is 7.66. The predicted molar refractivity (Wildman–Crippen MR) is 75.7 cm³/mol. The quantitative estimate of drug-likeness (QED) is 0.817. The third-order valence-electron chi connectivity index (χ3n) is 5.06. The summed E-state index contributed by atoms with van der Waals surface area (Å²) >= 11 is 0. The van der Waals surface area contributed by atoms with Gasteiger partial charge in [-0.3, -0.25) is 4.79 Å². The van der Waals surface area contributed by atoms with Gasteiger partial charge in [0.2, 0.25) is 5.91 Å². The van der Waals surface area contributed by atoms with Crippen molar-refractivity contribution < 1.29 is 9.53 Å². The van der Waals surface area contributed by atoms with Gasteiger partial charge in [-0.05, 0) is 31.1 Å². The summed E-state index contributed by atoms with van der Waals surface area (Å²) in [7, 11) is 0. The summed E-state index contributed by atoms with van der Waals surface area (Å²) in [4.78, 5) is 12.5. The van der Waals surface area contributed by atoms with Crippen LogP contribution in [0.2, 0.25) is 0 Å². The third-order valence-corrected chi connectivity index (χ3v) is 5.06. The lowest BCUT2D eigenvalue weighted by Crippen LogP contribution is -2.50. The highest BCUT2D eigenvalue weighted by Crippen LogP contribution is 2.36. The van der Waals surface area contributed by atoms with Crippen LogP contribution in [0.4, 0.5) is 0 Å². The zero-order chi connectivity index (χ0) is 13.8. The molecule has 0 atom stereocenters. The number of hydrogen-bond acceptors (Lipinski definition) is 3.